The Morgan fingerprint density at radius 1 is 1.35 bits per heavy atom. The van der Waals surface area contributed by atoms with Crippen molar-refractivity contribution in [2.75, 3.05) is 32.6 Å². The molecule has 1 aromatic heterocycles. The second-order valence-corrected chi connectivity index (χ2v) is 4.46. The van der Waals surface area contributed by atoms with E-state index in [9.17, 15) is 4.79 Å². The predicted octanol–water partition coefficient (Wildman–Crippen LogP) is 0.997. The number of nitrogens with one attached hydrogen (secondary N) is 2. The Balaban J connectivity index is 1.89. The fraction of sp³-hybridized carbons (Fsp3) is 0.308. The minimum Gasteiger partial charge on any atom is -0.492 e. The zero-order valence-corrected chi connectivity index (χ0v) is 11.5. The van der Waals surface area contributed by atoms with Crippen LogP contribution in [0.3, 0.4) is 0 Å². The summed E-state index contributed by atoms with van der Waals surface area (Å²) in [5.74, 6) is 0.811. The standard InChI is InChI=1S/C13H17N5O2/c1-18(2)7-8-20-11-5-3-10(4-6-11)12(19)16-13-14-9-15-17-13/h3-6,9H,7-8H2,1-2H3,(H2,14,15,16,17,19). The number of benzene rings is 1. The molecule has 0 aliphatic heterocycles. The zero-order valence-electron chi connectivity index (χ0n) is 11.5. The summed E-state index contributed by atoms with van der Waals surface area (Å²) in [4.78, 5) is 17.7. The molecule has 0 saturated heterocycles. The molecule has 1 amide bonds. The van der Waals surface area contributed by atoms with Crippen LogP contribution >= 0.6 is 0 Å². The van der Waals surface area contributed by atoms with Crippen molar-refractivity contribution < 1.29 is 9.53 Å². The summed E-state index contributed by atoms with van der Waals surface area (Å²) in [6.45, 7) is 1.45. The van der Waals surface area contributed by atoms with Gasteiger partial charge >= 0.3 is 0 Å². The molecule has 0 atom stereocenters. The highest BCUT2D eigenvalue weighted by Crippen LogP contribution is 2.13. The first-order valence-corrected chi connectivity index (χ1v) is 6.19. The number of amides is 1. The molecule has 2 aromatic rings. The number of carbonyl (C=O) groups is 1. The minimum absolute atomic E-state index is 0.249. The van der Waals surface area contributed by atoms with E-state index in [2.05, 4.69) is 20.5 Å². The molecule has 0 spiro atoms. The van der Waals surface area contributed by atoms with Crippen LogP contribution in [0.1, 0.15) is 10.4 Å². The SMILES string of the molecule is CN(C)CCOc1ccc(C(=O)Nc2ncn[nH]2)cc1. The maximum absolute atomic E-state index is 11.9. The van der Waals surface area contributed by atoms with Crippen LogP contribution in [0, 0.1) is 0 Å². The molecule has 7 heteroatoms. The Labute approximate surface area is 117 Å². The topological polar surface area (TPSA) is 83.1 Å². The predicted molar refractivity (Wildman–Crippen MR) is 74.8 cm³/mol. The van der Waals surface area contributed by atoms with E-state index in [0.29, 0.717) is 18.1 Å². The lowest BCUT2D eigenvalue weighted by Gasteiger charge is -2.11. The average Bonchev–Trinajstić information content (AvgIpc) is 2.92. The molecule has 1 aromatic carbocycles. The van der Waals surface area contributed by atoms with Crippen LogP contribution < -0.4 is 10.1 Å². The van der Waals surface area contributed by atoms with Crippen molar-refractivity contribution in [1.82, 2.24) is 20.1 Å². The van der Waals surface area contributed by atoms with Gasteiger partial charge in [-0.1, -0.05) is 0 Å². The third-order valence-corrected chi connectivity index (χ3v) is 2.57. The third-order valence-electron chi connectivity index (χ3n) is 2.57. The van der Waals surface area contributed by atoms with Gasteiger partial charge in [0.2, 0.25) is 5.95 Å². The van der Waals surface area contributed by atoms with Crippen molar-refractivity contribution in [3.8, 4) is 5.75 Å². The number of hydrogen-bond donors (Lipinski definition) is 2. The summed E-state index contributed by atoms with van der Waals surface area (Å²) < 4.78 is 5.56. The molecule has 0 aliphatic rings. The van der Waals surface area contributed by atoms with Crippen molar-refractivity contribution >= 4 is 11.9 Å². The summed E-state index contributed by atoms with van der Waals surface area (Å²) in [7, 11) is 3.97. The lowest BCUT2D eigenvalue weighted by molar-refractivity contribution is 0.102. The van der Waals surface area contributed by atoms with Crippen LogP contribution in [0.15, 0.2) is 30.6 Å². The van der Waals surface area contributed by atoms with Gasteiger partial charge in [0.1, 0.15) is 18.7 Å². The highest BCUT2D eigenvalue weighted by molar-refractivity contribution is 6.03. The highest BCUT2D eigenvalue weighted by Gasteiger charge is 2.07. The maximum atomic E-state index is 11.9. The Kier molecular flexibility index (Phi) is 4.67. The van der Waals surface area contributed by atoms with E-state index in [1.165, 1.54) is 6.33 Å². The first-order chi connectivity index (χ1) is 9.65. The maximum Gasteiger partial charge on any atom is 0.258 e. The summed E-state index contributed by atoms with van der Waals surface area (Å²) in [5.41, 5.74) is 0.529. The normalized spacial score (nSPS) is 10.6. The first-order valence-electron chi connectivity index (χ1n) is 6.19. The Morgan fingerprint density at radius 3 is 2.70 bits per heavy atom. The summed E-state index contributed by atoms with van der Waals surface area (Å²) >= 11 is 0. The third kappa shape index (κ3) is 4.06. The lowest BCUT2D eigenvalue weighted by Crippen LogP contribution is -2.19. The summed E-state index contributed by atoms with van der Waals surface area (Å²) in [6.07, 6.45) is 1.33. The number of H-pyrrole nitrogens is 1. The molecule has 1 heterocycles. The Morgan fingerprint density at radius 2 is 2.10 bits per heavy atom. The van der Waals surface area contributed by atoms with E-state index in [0.717, 1.165) is 12.3 Å². The first kappa shape index (κ1) is 14.0. The van der Waals surface area contributed by atoms with Gasteiger partial charge in [0.25, 0.3) is 5.91 Å². The van der Waals surface area contributed by atoms with Crippen LogP contribution in [-0.4, -0.2) is 53.2 Å². The fourth-order valence-corrected chi connectivity index (χ4v) is 1.49. The number of hydrogen-bond acceptors (Lipinski definition) is 5. The van der Waals surface area contributed by atoms with E-state index in [4.69, 9.17) is 4.74 Å². The van der Waals surface area contributed by atoms with Crippen molar-refractivity contribution in [1.29, 1.82) is 0 Å². The Hall–Kier alpha value is -2.41. The molecule has 2 N–H and O–H groups in total. The average molecular weight is 275 g/mol. The van der Waals surface area contributed by atoms with Crippen LogP contribution in [0.2, 0.25) is 0 Å². The quantitative estimate of drug-likeness (QED) is 0.821. The van der Waals surface area contributed by atoms with Gasteiger partial charge in [-0.05, 0) is 38.4 Å². The van der Waals surface area contributed by atoms with E-state index in [1.54, 1.807) is 24.3 Å². The number of anilines is 1. The number of aromatic nitrogens is 3. The minimum atomic E-state index is -0.249. The number of rotatable bonds is 6. The van der Waals surface area contributed by atoms with Crippen LogP contribution in [0.4, 0.5) is 5.95 Å². The van der Waals surface area contributed by atoms with Crippen molar-refractivity contribution in [2.24, 2.45) is 0 Å². The molecule has 0 radical (unpaired) electrons. The molecule has 7 nitrogen and oxygen atoms in total. The molecular formula is C13H17N5O2. The number of likely N-dealkylation sites (N-methyl/N-ethyl adjacent to an activating group) is 1. The largest absolute Gasteiger partial charge is 0.492 e. The van der Waals surface area contributed by atoms with Crippen LogP contribution in [0.5, 0.6) is 5.75 Å². The monoisotopic (exact) mass is 275 g/mol. The number of aromatic amines is 1. The summed E-state index contributed by atoms with van der Waals surface area (Å²) in [6, 6.07) is 6.95. The highest BCUT2D eigenvalue weighted by atomic mass is 16.5. The van der Waals surface area contributed by atoms with Gasteiger partial charge in [-0.2, -0.15) is 10.1 Å². The van der Waals surface area contributed by atoms with E-state index in [-0.39, 0.29) is 5.91 Å². The summed E-state index contributed by atoms with van der Waals surface area (Å²) in [5, 5.41) is 8.82. The molecule has 0 fully saturated rings. The molecule has 0 saturated carbocycles. The molecular weight excluding hydrogens is 258 g/mol. The van der Waals surface area contributed by atoms with E-state index >= 15 is 0 Å². The number of ether oxygens (including phenoxy) is 1. The van der Waals surface area contributed by atoms with E-state index < -0.39 is 0 Å². The molecule has 0 unspecified atom stereocenters. The number of nitrogens with zero attached hydrogens (tertiary/aromatic N) is 3. The van der Waals surface area contributed by atoms with Gasteiger partial charge in [0.05, 0.1) is 0 Å². The number of carbonyl (C=O) groups excluding carboxylic acids is 1. The second-order valence-electron chi connectivity index (χ2n) is 4.46. The Bertz CT molecular complexity index is 536. The molecule has 0 bridgehead atoms. The van der Waals surface area contributed by atoms with Crippen molar-refractivity contribution in [2.45, 2.75) is 0 Å². The zero-order chi connectivity index (χ0) is 14.4. The smallest absolute Gasteiger partial charge is 0.258 e. The van der Waals surface area contributed by atoms with E-state index in [1.807, 2.05) is 19.0 Å². The van der Waals surface area contributed by atoms with Gasteiger partial charge < -0.3 is 9.64 Å². The van der Waals surface area contributed by atoms with Crippen LogP contribution in [0.25, 0.3) is 0 Å². The van der Waals surface area contributed by atoms with Gasteiger partial charge in [-0.15, -0.1) is 0 Å². The van der Waals surface area contributed by atoms with Crippen molar-refractivity contribution in [3.63, 3.8) is 0 Å². The van der Waals surface area contributed by atoms with Crippen molar-refractivity contribution in [3.05, 3.63) is 36.2 Å². The molecule has 20 heavy (non-hydrogen) atoms. The lowest BCUT2D eigenvalue weighted by atomic mass is 10.2. The van der Waals surface area contributed by atoms with Gasteiger partial charge in [0.15, 0.2) is 0 Å². The van der Waals surface area contributed by atoms with Crippen LogP contribution in [-0.2, 0) is 0 Å². The van der Waals surface area contributed by atoms with Gasteiger partial charge in [-0.25, -0.2) is 5.10 Å². The molecule has 106 valence electrons. The second kappa shape index (κ2) is 6.67. The molecule has 2 rings (SSSR count). The van der Waals surface area contributed by atoms with Gasteiger partial charge in [0, 0.05) is 12.1 Å². The van der Waals surface area contributed by atoms with Gasteiger partial charge in [-0.3, -0.25) is 10.1 Å². The fourth-order valence-electron chi connectivity index (χ4n) is 1.49. The molecule has 0 aliphatic carbocycles.